The van der Waals surface area contributed by atoms with Crippen molar-refractivity contribution in [2.75, 3.05) is 11.1 Å². The van der Waals surface area contributed by atoms with E-state index < -0.39 is 5.91 Å². The molecule has 2 aromatic carbocycles. The Hall–Kier alpha value is -2.78. The normalized spacial score (nSPS) is 9.77. The molecule has 0 atom stereocenters. The Balaban J connectivity index is 2.17. The molecule has 110 valence electrons. The fourth-order valence-electron chi connectivity index (χ4n) is 1.77. The largest absolute Gasteiger partial charge is 0.369 e. The summed E-state index contributed by atoms with van der Waals surface area (Å²) in [4.78, 5) is 23.9. The zero-order valence-electron chi connectivity index (χ0n) is 11.6. The molecule has 3 N–H and O–H groups in total. The van der Waals surface area contributed by atoms with E-state index in [1.807, 2.05) is 12.1 Å². The van der Waals surface area contributed by atoms with E-state index in [0.29, 0.717) is 16.8 Å². The minimum absolute atomic E-state index is 0.136. The minimum Gasteiger partial charge on any atom is -0.369 e. The number of thioether (sulfide) groups is 1. The SMILES string of the molecule is N#Cc1cccc(C(=O)Nc2ccccc2SCC(N)=O)c1. The van der Waals surface area contributed by atoms with Crippen molar-refractivity contribution in [2.45, 2.75) is 4.90 Å². The van der Waals surface area contributed by atoms with E-state index in [0.717, 1.165) is 4.90 Å². The summed E-state index contributed by atoms with van der Waals surface area (Å²) in [7, 11) is 0. The lowest BCUT2D eigenvalue weighted by Crippen LogP contribution is -2.14. The summed E-state index contributed by atoms with van der Waals surface area (Å²) in [6, 6.07) is 15.6. The summed E-state index contributed by atoms with van der Waals surface area (Å²) in [5.41, 5.74) is 6.55. The van der Waals surface area contributed by atoms with Crippen molar-refractivity contribution in [1.29, 1.82) is 5.26 Å². The number of benzene rings is 2. The Morgan fingerprint density at radius 3 is 2.68 bits per heavy atom. The number of nitrogens with two attached hydrogens (primary N) is 1. The molecular formula is C16H13N3O2S. The van der Waals surface area contributed by atoms with Gasteiger partial charge >= 0.3 is 0 Å². The Labute approximate surface area is 132 Å². The number of amides is 2. The van der Waals surface area contributed by atoms with Gasteiger partial charge in [-0.1, -0.05) is 18.2 Å². The highest BCUT2D eigenvalue weighted by Gasteiger charge is 2.10. The first kappa shape index (κ1) is 15.6. The molecule has 0 spiro atoms. The van der Waals surface area contributed by atoms with Crippen LogP contribution in [0.3, 0.4) is 0 Å². The lowest BCUT2D eigenvalue weighted by atomic mass is 10.1. The van der Waals surface area contributed by atoms with Crippen molar-refractivity contribution in [1.82, 2.24) is 0 Å². The van der Waals surface area contributed by atoms with Gasteiger partial charge in [0, 0.05) is 10.5 Å². The molecule has 2 amide bonds. The highest BCUT2D eigenvalue weighted by atomic mass is 32.2. The van der Waals surface area contributed by atoms with Crippen LogP contribution < -0.4 is 11.1 Å². The van der Waals surface area contributed by atoms with Crippen LogP contribution in [0.5, 0.6) is 0 Å². The van der Waals surface area contributed by atoms with Crippen LogP contribution in [0.2, 0.25) is 0 Å². The summed E-state index contributed by atoms with van der Waals surface area (Å²) in [5.74, 6) is -0.603. The summed E-state index contributed by atoms with van der Waals surface area (Å²) in [6.07, 6.45) is 0. The van der Waals surface area contributed by atoms with E-state index in [-0.39, 0.29) is 11.7 Å². The number of hydrogen-bond donors (Lipinski definition) is 2. The highest BCUT2D eigenvalue weighted by molar-refractivity contribution is 8.00. The number of rotatable bonds is 5. The van der Waals surface area contributed by atoms with Crippen LogP contribution in [0.25, 0.3) is 0 Å². The average molecular weight is 311 g/mol. The van der Waals surface area contributed by atoms with Gasteiger partial charge in [-0.15, -0.1) is 11.8 Å². The van der Waals surface area contributed by atoms with Gasteiger partial charge in [-0.2, -0.15) is 5.26 Å². The van der Waals surface area contributed by atoms with Crippen molar-refractivity contribution in [3.63, 3.8) is 0 Å². The van der Waals surface area contributed by atoms with Crippen molar-refractivity contribution >= 4 is 29.3 Å². The van der Waals surface area contributed by atoms with Crippen LogP contribution >= 0.6 is 11.8 Å². The number of nitrogens with one attached hydrogen (secondary N) is 1. The number of nitriles is 1. The molecule has 0 saturated heterocycles. The Kier molecular flexibility index (Phi) is 5.17. The van der Waals surface area contributed by atoms with Crippen LogP contribution in [0.1, 0.15) is 15.9 Å². The van der Waals surface area contributed by atoms with Gasteiger partial charge in [0.15, 0.2) is 0 Å². The van der Waals surface area contributed by atoms with Crippen molar-refractivity contribution in [2.24, 2.45) is 5.73 Å². The van der Waals surface area contributed by atoms with Crippen molar-refractivity contribution < 1.29 is 9.59 Å². The summed E-state index contributed by atoms with van der Waals surface area (Å²) in [6.45, 7) is 0. The number of carbonyl (C=O) groups is 2. The number of carbonyl (C=O) groups excluding carboxylic acids is 2. The first-order chi connectivity index (χ1) is 10.6. The average Bonchev–Trinajstić information content (AvgIpc) is 2.54. The van der Waals surface area contributed by atoms with Gasteiger partial charge in [-0.25, -0.2) is 0 Å². The zero-order chi connectivity index (χ0) is 15.9. The maximum absolute atomic E-state index is 12.3. The number of primary amides is 1. The lowest BCUT2D eigenvalue weighted by molar-refractivity contribution is -0.115. The number of nitrogens with zero attached hydrogens (tertiary/aromatic N) is 1. The van der Waals surface area contributed by atoms with Gasteiger partial charge in [0.05, 0.1) is 23.1 Å². The van der Waals surface area contributed by atoms with Gasteiger partial charge in [-0.3, -0.25) is 9.59 Å². The predicted octanol–water partition coefficient (Wildman–Crippen LogP) is 2.39. The molecular weight excluding hydrogens is 298 g/mol. The first-order valence-electron chi connectivity index (χ1n) is 6.42. The second-order valence-corrected chi connectivity index (χ2v) is 5.42. The maximum atomic E-state index is 12.3. The second-order valence-electron chi connectivity index (χ2n) is 4.40. The molecule has 22 heavy (non-hydrogen) atoms. The van der Waals surface area contributed by atoms with Crippen LogP contribution in [0.4, 0.5) is 5.69 Å². The summed E-state index contributed by atoms with van der Waals surface area (Å²) in [5, 5.41) is 11.7. The molecule has 0 bridgehead atoms. The van der Waals surface area contributed by atoms with Crippen LogP contribution in [0.15, 0.2) is 53.4 Å². The monoisotopic (exact) mass is 311 g/mol. The lowest BCUT2D eigenvalue weighted by Gasteiger charge is -2.10. The van der Waals surface area contributed by atoms with Crippen LogP contribution in [0, 0.1) is 11.3 Å². The standard InChI is InChI=1S/C16H13N3O2S/c17-9-11-4-3-5-12(8-11)16(21)19-13-6-1-2-7-14(13)22-10-15(18)20/h1-8H,10H2,(H2,18,20)(H,19,21). The molecule has 5 nitrogen and oxygen atoms in total. The quantitative estimate of drug-likeness (QED) is 0.829. The van der Waals surface area contributed by atoms with Crippen molar-refractivity contribution in [3.8, 4) is 6.07 Å². The molecule has 0 fully saturated rings. The molecule has 0 saturated carbocycles. The topological polar surface area (TPSA) is 96.0 Å². The number of anilines is 1. The van der Waals surface area contributed by atoms with Gasteiger partial charge < -0.3 is 11.1 Å². The fraction of sp³-hybridized carbons (Fsp3) is 0.0625. The first-order valence-corrected chi connectivity index (χ1v) is 7.40. The smallest absolute Gasteiger partial charge is 0.255 e. The summed E-state index contributed by atoms with van der Waals surface area (Å²) >= 11 is 1.26. The predicted molar refractivity (Wildman–Crippen MR) is 85.5 cm³/mol. The fourth-order valence-corrected chi connectivity index (χ4v) is 2.52. The zero-order valence-corrected chi connectivity index (χ0v) is 12.4. The molecule has 6 heteroatoms. The van der Waals surface area contributed by atoms with Gasteiger partial charge in [0.25, 0.3) is 5.91 Å². The van der Waals surface area contributed by atoms with Gasteiger partial charge in [-0.05, 0) is 30.3 Å². The van der Waals surface area contributed by atoms with E-state index in [4.69, 9.17) is 11.0 Å². The van der Waals surface area contributed by atoms with E-state index in [1.165, 1.54) is 17.8 Å². The third kappa shape index (κ3) is 4.11. The molecule has 0 aliphatic heterocycles. The molecule has 0 heterocycles. The third-order valence-electron chi connectivity index (χ3n) is 2.76. The number of para-hydroxylation sites is 1. The van der Waals surface area contributed by atoms with E-state index in [1.54, 1.807) is 36.4 Å². The minimum atomic E-state index is -0.423. The highest BCUT2D eigenvalue weighted by Crippen LogP contribution is 2.27. The van der Waals surface area contributed by atoms with Crippen molar-refractivity contribution in [3.05, 3.63) is 59.7 Å². The maximum Gasteiger partial charge on any atom is 0.255 e. The summed E-state index contributed by atoms with van der Waals surface area (Å²) < 4.78 is 0. The van der Waals surface area contributed by atoms with Gasteiger partial charge in [0.1, 0.15) is 0 Å². The van der Waals surface area contributed by atoms with E-state index in [2.05, 4.69) is 5.32 Å². The third-order valence-corrected chi connectivity index (χ3v) is 3.85. The van der Waals surface area contributed by atoms with E-state index >= 15 is 0 Å². The van der Waals surface area contributed by atoms with E-state index in [9.17, 15) is 9.59 Å². The molecule has 0 radical (unpaired) electrons. The molecule has 0 aliphatic carbocycles. The van der Waals surface area contributed by atoms with Gasteiger partial charge in [0.2, 0.25) is 5.91 Å². The Morgan fingerprint density at radius 1 is 1.18 bits per heavy atom. The van der Waals surface area contributed by atoms with Crippen LogP contribution in [-0.4, -0.2) is 17.6 Å². The molecule has 0 aromatic heterocycles. The molecule has 2 aromatic rings. The number of hydrogen-bond acceptors (Lipinski definition) is 4. The molecule has 0 aliphatic rings. The molecule has 2 rings (SSSR count). The Bertz CT molecular complexity index is 753. The second kappa shape index (κ2) is 7.29. The molecule has 0 unspecified atom stereocenters. The van der Waals surface area contributed by atoms with Crippen LogP contribution in [-0.2, 0) is 4.79 Å². The Morgan fingerprint density at radius 2 is 1.95 bits per heavy atom.